The van der Waals surface area contributed by atoms with Crippen molar-refractivity contribution in [1.29, 1.82) is 5.26 Å². The molecule has 1 atom stereocenters. The zero-order valence-corrected chi connectivity index (χ0v) is 17.6. The average molecular weight is 432 g/mol. The van der Waals surface area contributed by atoms with E-state index in [1.54, 1.807) is 34.3 Å². The number of hydrogen-bond acceptors (Lipinski definition) is 7. The average Bonchev–Trinajstić information content (AvgIpc) is 3.32. The number of rotatable bonds is 0. The predicted molar refractivity (Wildman–Crippen MR) is 115 cm³/mol. The van der Waals surface area contributed by atoms with Crippen LogP contribution in [0, 0.1) is 24.1 Å². The molecule has 5 rings (SSSR count). The van der Waals surface area contributed by atoms with Gasteiger partial charge in [-0.2, -0.15) is 10.4 Å². The summed E-state index contributed by atoms with van der Waals surface area (Å²) in [6.45, 7) is 4.17. The summed E-state index contributed by atoms with van der Waals surface area (Å²) in [7, 11) is 0. The highest BCUT2D eigenvalue weighted by molar-refractivity contribution is 7.12. The second-order valence-corrected chi connectivity index (χ2v) is 8.57. The van der Waals surface area contributed by atoms with Crippen LogP contribution in [0.3, 0.4) is 0 Å². The SMILES string of the molecule is Cc1nc2c(s1)Cn1ncc(C#N)c1-c1cnc(N)c(c1)O[C@H](C)c1cc(F)ccc1-2. The summed E-state index contributed by atoms with van der Waals surface area (Å²) in [6, 6.07) is 8.53. The number of thiazole rings is 1. The first-order valence-corrected chi connectivity index (χ1v) is 10.4. The highest BCUT2D eigenvalue weighted by Gasteiger charge is 2.24. The molecule has 7 nitrogen and oxygen atoms in total. The highest BCUT2D eigenvalue weighted by Crippen LogP contribution is 2.39. The smallest absolute Gasteiger partial charge is 0.166 e. The van der Waals surface area contributed by atoms with Gasteiger partial charge in [-0.1, -0.05) is 0 Å². The van der Waals surface area contributed by atoms with Crippen molar-refractivity contribution in [3.05, 3.63) is 63.5 Å². The summed E-state index contributed by atoms with van der Waals surface area (Å²) in [4.78, 5) is 9.94. The van der Waals surface area contributed by atoms with E-state index in [1.165, 1.54) is 18.3 Å². The maximum atomic E-state index is 14.2. The summed E-state index contributed by atoms with van der Waals surface area (Å²) < 4.78 is 22.1. The Hall–Kier alpha value is -3.77. The monoisotopic (exact) mass is 432 g/mol. The molecule has 154 valence electrons. The fourth-order valence-electron chi connectivity index (χ4n) is 3.83. The molecule has 0 aliphatic carbocycles. The van der Waals surface area contributed by atoms with Gasteiger partial charge in [-0.3, -0.25) is 4.68 Å². The van der Waals surface area contributed by atoms with Gasteiger partial charge in [0.05, 0.1) is 39.6 Å². The molecular formula is C22H17FN6OS. The van der Waals surface area contributed by atoms with Gasteiger partial charge in [-0.15, -0.1) is 11.3 Å². The first kappa shape index (κ1) is 19.2. The van der Waals surface area contributed by atoms with Crippen LogP contribution in [0.15, 0.2) is 36.7 Å². The van der Waals surface area contributed by atoms with Crippen LogP contribution in [0.25, 0.3) is 22.5 Å². The van der Waals surface area contributed by atoms with Crippen molar-refractivity contribution >= 4 is 17.2 Å². The zero-order valence-electron chi connectivity index (χ0n) is 16.8. The third-order valence-corrected chi connectivity index (χ3v) is 6.18. The fraction of sp³-hybridized carbons (Fsp3) is 0.182. The number of ether oxygens (including phenoxy) is 1. The number of nitrogens with two attached hydrogens (primary N) is 1. The minimum Gasteiger partial charge on any atom is -0.482 e. The molecule has 0 radical (unpaired) electrons. The van der Waals surface area contributed by atoms with Crippen LogP contribution < -0.4 is 10.5 Å². The van der Waals surface area contributed by atoms with E-state index in [4.69, 9.17) is 15.5 Å². The quantitative estimate of drug-likeness (QED) is 0.440. The first-order chi connectivity index (χ1) is 14.9. The predicted octanol–water partition coefficient (Wildman–Crippen LogP) is 4.47. The number of aryl methyl sites for hydroxylation is 1. The van der Waals surface area contributed by atoms with E-state index in [1.807, 2.05) is 13.8 Å². The molecule has 4 aromatic rings. The number of anilines is 1. The third-order valence-electron chi connectivity index (χ3n) is 5.22. The van der Waals surface area contributed by atoms with Gasteiger partial charge >= 0.3 is 0 Å². The number of pyridine rings is 1. The molecule has 0 saturated heterocycles. The summed E-state index contributed by atoms with van der Waals surface area (Å²) in [5.74, 6) is 0.204. The Labute approximate surface area is 181 Å². The van der Waals surface area contributed by atoms with Crippen molar-refractivity contribution in [2.45, 2.75) is 26.5 Å². The number of nitrogen functional groups attached to an aromatic ring is 1. The number of fused-ring (bicyclic) bond motifs is 7. The van der Waals surface area contributed by atoms with Crippen LogP contribution in [0.2, 0.25) is 0 Å². The Bertz CT molecular complexity index is 1370. The van der Waals surface area contributed by atoms with Crippen LogP contribution >= 0.6 is 11.3 Å². The number of halogens is 1. The van der Waals surface area contributed by atoms with Crippen molar-refractivity contribution < 1.29 is 9.13 Å². The number of nitrogens with zero attached hydrogens (tertiary/aromatic N) is 5. The number of aromatic nitrogens is 4. The van der Waals surface area contributed by atoms with Gasteiger partial charge in [0.15, 0.2) is 11.6 Å². The Morgan fingerprint density at radius 1 is 1.32 bits per heavy atom. The Morgan fingerprint density at radius 3 is 2.97 bits per heavy atom. The highest BCUT2D eigenvalue weighted by atomic mass is 32.1. The van der Waals surface area contributed by atoms with E-state index in [9.17, 15) is 9.65 Å². The maximum absolute atomic E-state index is 14.2. The Balaban J connectivity index is 1.82. The largest absolute Gasteiger partial charge is 0.482 e. The van der Waals surface area contributed by atoms with E-state index >= 15 is 0 Å². The minimum atomic E-state index is -0.514. The standard InChI is InChI=1S/C22H17FN6OS/c1-11-17-6-15(23)3-4-16(17)20-19(31-12(2)28-20)10-29-21(14(7-24)9-27-29)13-5-18(30-11)22(25)26-8-13/h3-6,8-9,11H,10H2,1-2H3,(H2,25,26)/t11-/m1/s1. The molecule has 9 heteroatoms. The van der Waals surface area contributed by atoms with Crippen LogP contribution in [0.1, 0.15) is 34.0 Å². The van der Waals surface area contributed by atoms with Crippen LogP contribution in [0.4, 0.5) is 10.2 Å². The van der Waals surface area contributed by atoms with Gasteiger partial charge in [0, 0.05) is 22.9 Å². The second-order valence-electron chi connectivity index (χ2n) is 7.28. The van der Waals surface area contributed by atoms with Crippen molar-refractivity contribution in [2.24, 2.45) is 0 Å². The molecule has 2 bridgehead atoms. The molecule has 1 aromatic carbocycles. The van der Waals surface area contributed by atoms with Crippen molar-refractivity contribution in [3.63, 3.8) is 0 Å². The molecule has 1 aliphatic heterocycles. The summed E-state index contributed by atoms with van der Waals surface area (Å²) >= 11 is 1.54. The lowest BCUT2D eigenvalue weighted by atomic mass is 9.99. The summed E-state index contributed by atoms with van der Waals surface area (Å²) in [5, 5.41) is 14.9. The van der Waals surface area contributed by atoms with Crippen molar-refractivity contribution in [1.82, 2.24) is 19.7 Å². The van der Waals surface area contributed by atoms with E-state index < -0.39 is 6.10 Å². The minimum absolute atomic E-state index is 0.209. The van der Waals surface area contributed by atoms with E-state index in [0.29, 0.717) is 34.7 Å². The molecule has 31 heavy (non-hydrogen) atoms. The Morgan fingerprint density at radius 2 is 2.16 bits per heavy atom. The molecule has 0 spiro atoms. The number of benzene rings is 1. The van der Waals surface area contributed by atoms with Gasteiger partial charge in [0.25, 0.3) is 0 Å². The molecule has 0 unspecified atom stereocenters. The van der Waals surface area contributed by atoms with Crippen LogP contribution in [-0.4, -0.2) is 19.7 Å². The first-order valence-electron chi connectivity index (χ1n) is 9.59. The maximum Gasteiger partial charge on any atom is 0.166 e. The van der Waals surface area contributed by atoms with E-state index in [-0.39, 0.29) is 11.6 Å². The van der Waals surface area contributed by atoms with Gasteiger partial charge in [-0.05, 0) is 38.1 Å². The summed E-state index contributed by atoms with van der Waals surface area (Å²) in [6.07, 6.45) is 2.62. The lowest BCUT2D eigenvalue weighted by Crippen LogP contribution is -2.11. The Kier molecular flexibility index (Phi) is 4.45. The molecular weight excluding hydrogens is 415 g/mol. The number of hydrogen-bond donors (Lipinski definition) is 1. The second kappa shape index (κ2) is 7.18. The van der Waals surface area contributed by atoms with Gasteiger partial charge in [0.1, 0.15) is 18.0 Å². The number of nitriles is 1. The van der Waals surface area contributed by atoms with Gasteiger partial charge in [-0.25, -0.2) is 14.4 Å². The van der Waals surface area contributed by atoms with Gasteiger partial charge < -0.3 is 10.5 Å². The fourth-order valence-corrected chi connectivity index (χ4v) is 4.77. The molecule has 4 heterocycles. The third kappa shape index (κ3) is 3.21. The molecule has 3 aromatic heterocycles. The molecule has 2 N–H and O–H groups in total. The zero-order chi connectivity index (χ0) is 21.7. The lowest BCUT2D eigenvalue weighted by Gasteiger charge is -2.21. The molecule has 0 fully saturated rings. The van der Waals surface area contributed by atoms with Crippen LogP contribution in [0.5, 0.6) is 5.75 Å². The van der Waals surface area contributed by atoms with E-state index in [0.717, 1.165) is 21.1 Å². The van der Waals surface area contributed by atoms with Crippen molar-refractivity contribution in [2.75, 3.05) is 5.73 Å². The molecule has 1 aliphatic rings. The molecule has 0 saturated carbocycles. The molecule has 0 amide bonds. The lowest BCUT2D eigenvalue weighted by molar-refractivity contribution is 0.227. The topological polar surface area (TPSA) is 103 Å². The van der Waals surface area contributed by atoms with Crippen LogP contribution in [-0.2, 0) is 6.54 Å². The van der Waals surface area contributed by atoms with Crippen molar-refractivity contribution in [3.8, 4) is 34.3 Å². The normalized spacial score (nSPS) is 14.8. The van der Waals surface area contributed by atoms with E-state index in [2.05, 4.69) is 16.2 Å². The summed E-state index contributed by atoms with van der Waals surface area (Å²) in [5.41, 5.74) is 9.98. The van der Waals surface area contributed by atoms with Gasteiger partial charge in [0.2, 0.25) is 0 Å².